The van der Waals surface area contributed by atoms with Gasteiger partial charge >= 0.3 is 0 Å². The summed E-state index contributed by atoms with van der Waals surface area (Å²) in [6.07, 6.45) is 3.77. The van der Waals surface area contributed by atoms with E-state index < -0.39 is 0 Å². The molecule has 0 heterocycles. The highest BCUT2D eigenvalue weighted by Gasteiger charge is 2.28. The van der Waals surface area contributed by atoms with Crippen LogP contribution in [0.2, 0.25) is 0 Å². The number of nitrogens with two attached hydrogens (primary N) is 1. The van der Waals surface area contributed by atoms with Crippen LogP contribution >= 0.6 is 0 Å². The van der Waals surface area contributed by atoms with Gasteiger partial charge in [0, 0.05) is 6.04 Å². The Morgan fingerprint density at radius 1 is 1.24 bits per heavy atom. The van der Waals surface area contributed by atoms with Crippen molar-refractivity contribution in [3.05, 3.63) is 35.9 Å². The zero-order chi connectivity index (χ0) is 11.9. The minimum atomic E-state index is 0.436. The van der Waals surface area contributed by atoms with Crippen LogP contribution in [0.4, 0.5) is 0 Å². The van der Waals surface area contributed by atoms with Crippen molar-refractivity contribution in [1.82, 2.24) is 5.32 Å². The highest BCUT2D eigenvalue weighted by atomic mass is 16.5. The summed E-state index contributed by atoms with van der Waals surface area (Å²) in [4.78, 5) is 0. The third-order valence-corrected chi connectivity index (χ3v) is 3.24. The van der Waals surface area contributed by atoms with Gasteiger partial charge in [0.15, 0.2) is 0 Å². The molecule has 3 heteroatoms. The molecule has 94 valence electrons. The lowest BCUT2D eigenvalue weighted by Gasteiger charge is -2.35. The second kappa shape index (κ2) is 6.74. The van der Waals surface area contributed by atoms with Crippen molar-refractivity contribution < 1.29 is 4.74 Å². The van der Waals surface area contributed by atoms with E-state index in [1.165, 1.54) is 5.56 Å². The van der Waals surface area contributed by atoms with Gasteiger partial charge in [-0.3, -0.25) is 0 Å². The Kier molecular flexibility index (Phi) is 4.98. The number of rotatable bonds is 7. The Morgan fingerprint density at radius 2 is 2.00 bits per heavy atom. The maximum Gasteiger partial charge on any atom is 0.0720 e. The van der Waals surface area contributed by atoms with Crippen LogP contribution in [-0.2, 0) is 11.3 Å². The maximum absolute atomic E-state index is 5.84. The van der Waals surface area contributed by atoms with Gasteiger partial charge in [-0.05, 0) is 37.9 Å². The van der Waals surface area contributed by atoms with E-state index in [9.17, 15) is 0 Å². The van der Waals surface area contributed by atoms with Crippen LogP contribution in [0.5, 0.6) is 0 Å². The van der Waals surface area contributed by atoms with Crippen molar-refractivity contribution in [1.29, 1.82) is 0 Å². The number of benzene rings is 1. The maximum atomic E-state index is 5.84. The Balaban J connectivity index is 1.55. The fraction of sp³-hybridized carbons (Fsp3) is 0.571. The minimum Gasteiger partial charge on any atom is -0.373 e. The van der Waals surface area contributed by atoms with E-state index >= 15 is 0 Å². The number of ether oxygens (including phenoxy) is 1. The van der Waals surface area contributed by atoms with E-state index in [0.29, 0.717) is 12.1 Å². The van der Waals surface area contributed by atoms with Gasteiger partial charge < -0.3 is 15.8 Å². The van der Waals surface area contributed by atoms with Crippen LogP contribution in [-0.4, -0.2) is 25.2 Å². The van der Waals surface area contributed by atoms with Crippen molar-refractivity contribution in [2.45, 2.75) is 38.0 Å². The first kappa shape index (κ1) is 12.6. The van der Waals surface area contributed by atoms with E-state index in [-0.39, 0.29) is 0 Å². The summed E-state index contributed by atoms with van der Waals surface area (Å²) in [5.41, 5.74) is 6.71. The summed E-state index contributed by atoms with van der Waals surface area (Å²) in [5, 5.41) is 3.49. The summed E-state index contributed by atoms with van der Waals surface area (Å²) >= 11 is 0. The first-order valence-corrected chi connectivity index (χ1v) is 6.47. The third kappa shape index (κ3) is 4.11. The van der Waals surface area contributed by atoms with Crippen LogP contribution in [0, 0.1) is 0 Å². The third-order valence-electron chi connectivity index (χ3n) is 3.24. The molecule has 0 unspecified atom stereocenters. The molecule has 0 amide bonds. The summed E-state index contributed by atoms with van der Waals surface area (Å²) in [6.45, 7) is 2.54. The molecule has 2 rings (SSSR count). The SMILES string of the molecule is NCCCN[C@H]1C[C@H](OCc2ccccc2)C1. The van der Waals surface area contributed by atoms with E-state index in [1.807, 2.05) is 6.07 Å². The van der Waals surface area contributed by atoms with Crippen LogP contribution in [0.3, 0.4) is 0 Å². The van der Waals surface area contributed by atoms with Crippen LogP contribution in [0.15, 0.2) is 30.3 Å². The fourth-order valence-electron chi connectivity index (χ4n) is 2.06. The number of nitrogens with one attached hydrogen (secondary N) is 1. The molecular weight excluding hydrogens is 212 g/mol. The van der Waals surface area contributed by atoms with Gasteiger partial charge in [-0.2, -0.15) is 0 Å². The van der Waals surface area contributed by atoms with Gasteiger partial charge in [-0.15, -0.1) is 0 Å². The van der Waals surface area contributed by atoms with Gasteiger partial charge in [0.25, 0.3) is 0 Å². The average Bonchev–Trinajstić information content (AvgIpc) is 2.32. The van der Waals surface area contributed by atoms with Crippen molar-refractivity contribution in [3.63, 3.8) is 0 Å². The average molecular weight is 234 g/mol. The molecule has 3 N–H and O–H groups in total. The molecule has 17 heavy (non-hydrogen) atoms. The number of hydrogen-bond acceptors (Lipinski definition) is 3. The van der Waals surface area contributed by atoms with Gasteiger partial charge in [0.1, 0.15) is 0 Å². The van der Waals surface area contributed by atoms with Crippen LogP contribution in [0.25, 0.3) is 0 Å². The first-order chi connectivity index (χ1) is 8.38. The highest BCUT2D eigenvalue weighted by molar-refractivity contribution is 5.13. The molecule has 0 saturated heterocycles. The molecular formula is C14H22N2O. The van der Waals surface area contributed by atoms with Crippen molar-refractivity contribution >= 4 is 0 Å². The van der Waals surface area contributed by atoms with E-state index in [2.05, 4.69) is 29.6 Å². The van der Waals surface area contributed by atoms with E-state index in [4.69, 9.17) is 10.5 Å². The molecule has 0 spiro atoms. The zero-order valence-corrected chi connectivity index (χ0v) is 10.3. The van der Waals surface area contributed by atoms with Crippen molar-refractivity contribution in [2.75, 3.05) is 13.1 Å². The second-order valence-corrected chi connectivity index (χ2v) is 4.68. The lowest BCUT2D eigenvalue weighted by Crippen LogP contribution is -2.45. The molecule has 0 atom stereocenters. The van der Waals surface area contributed by atoms with E-state index in [1.54, 1.807) is 0 Å². The van der Waals surface area contributed by atoms with Crippen molar-refractivity contribution in [2.24, 2.45) is 5.73 Å². The smallest absolute Gasteiger partial charge is 0.0720 e. The molecule has 1 aromatic carbocycles. The molecule has 3 nitrogen and oxygen atoms in total. The first-order valence-electron chi connectivity index (χ1n) is 6.47. The van der Waals surface area contributed by atoms with Gasteiger partial charge in [0.2, 0.25) is 0 Å². The van der Waals surface area contributed by atoms with Crippen LogP contribution < -0.4 is 11.1 Å². The van der Waals surface area contributed by atoms with E-state index in [0.717, 1.165) is 39.0 Å². The highest BCUT2D eigenvalue weighted by Crippen LogP contribution is 2.24. The fourth-order valence-corrected chi connectivity index (χ4v) is 2.06. The Hall–Kier alpha value is -0.900. The normalized spacial score (nSPS) is 23.4. The molecule has 0 aliphatic heterocycles. The molecule has 1 aliphatic carbocycles. The summed E-state index contributed by atoms with van der Waals surface area (Å²) in [6, 6.07) is 11.0. The van der Waals surface area contributed by atoms with Gasteiger partial charge in [-0.1, -0.05) is 30.3 Å². The molecule has 1 aromatic rings. The molecule has 0 bridgehead atoms. The summed E-state index contributed by atoms with van der Waals surface area (Å²) < 4.78 is 5.84. The predicted molar refractivity (Wildman–Crippen MR) is 69.7 cm³/mol. The Labute approximate surface area is 103 Å². The Morgan fingerprint density at radius 3 is 2.71 bits per heavy atom. The van der Waals surface area contributed by atoms with Crippen LogP contribution in [0.1, 0.15) is 24.8 Å². The lowest BCUT2D eigenvalue weighted by molar-refractivity contribution is -0.0264. The molecule has 0 radical (unpaired) electrons. The summed E-state index contributed by atoms with van der Waals surface area (Å²) in [7, 11) is 0. The predicted octanol–water partition coefficient (Wildman–Crippen LogP) is 1.67. The Bertz CT molecular complexity index is 309. The standard InChI is InChI=1S/C14H22N2O/c15-7-4-8-16-13-9-14(10-13)17-11-12-5-2-1-3-6-12/h1-3,5-6,13-14,16H,4,7-11,15H2/t13-,14-. The quantitative estimate of drug-likeness (QED) is 0.706. The minimum absolute atomic E-state index is 0.436. The number of hydrogen-bond donors (Lipinski definition) is 2. The largest absolute Gasteiger partial charge is 0.373 e. The zero-order valence-electron chi connectivity index (χ0n) is 10.3. The summed E-state index contributed by atoms with van der Waals surface area (Å²) in [5.74, 6) is 0. The molecule has 1 fully saturated rings. The van der Waals surface area contributed by atoms with Gasteiger partial charge in [-0.25, -0.2) is 0 Å². The topological polar surface area (TPSA) is 47.3 Å². The lowest BCUT2D eigenvalue weighted by atomic mass is 9.89. The monoisotopic (exact) mass is 234 g/mol. The van der Waals surface area contributed by atoms with Crippen molar-refractivity contribution in [3.8, 4) is 0 Å². The molecule has 1 saturated carbocycles. The molecule has 0 aromatic heterocycles. The molecule has 1 aliphatic rings. The second-order valence-electron chi connectivity index (χ2n) is 4.68. The van der Waals surface area contributed by atoms with Gasteiger partial charge in [0.05, 0.1) is 12.7 Å².